The number of aromatic amines is 1. The van der Waals surface area contributed by atoms with Crippen LogP contribution in [0.2, 0.25) is 0 Å². The van der Waals surface area contributed by atoms with Crippen molar-refractivity contribution in [1.29, 1.82) is 0 Å². The Bertz CT molecular complexity index is 1160. The Balaban J connectivity index is 1.57. The van der Waals surface area contributed by atoms with Gasteiger partial charge in [-0.1, -0.05) is 24.3 Å². The van der Waals surface area contributed by atoms with E-state index in [-0.39, 0.29) is 0 Å². The molecule has 0 fully saturated rings. The van der Waals surface area contributed by atoms with Gasteiger partial charge in [-0.3, -0.25) is 0 Å². The summed E-state index contributed by atoms with van der Waals surface area (Å²) in [6, 6.07) is 13.9. The normalized spacial score (nSPS) is 11.1. The molecular formula is C23H22N4O2. The molecule has 4 aromatic rings. The number of imidazole rings is 2. The molecule has 0 saturated heterocycles. The van der Waals surface area contributed by atoms with Crippen molar-refractivity contribution < 1.29 is 9.47 Å². The maximum absolute atomic E-state index is 5.57. The first kappa shape index (κ1) is 18.6. The topological polar surface area (TPSA) is 65.0 Å². The molecule has 0 bridgehead atoms. The Morgan fingerprint density at radius 3 is 2.59 bits per heavy atom. The van der Waals surface area contributed by atoms with Crippen molar-refractivity contribution in [3.63, 3.8) is 0 Å². The van der Waals surface area contributed by atoms with Gasteiger partial charge in [0, 0.05) is 18.0 Å². The third-order valence-electron chi connectivity index (χ3n) is 4.61. The lowest BCUT2D eigenvalue weighted by molar-refractivity contribution is 0.413. The van der Waals surface area contributed by atoms with Crippen LogP contribution in [0, 0.1) is 6.92 Å². The Morgan fingerprint density at radius 2 is 1.83 bits per heavy atom. The molecule has 0 saturated carbocycles. The second-order valence-corrected chi connectivity index (χ2v) is 6.56. The van der Waals surface area contributed by atoms with Crippen molar-refractivity contribution in [3.05, 3.63) is 78.3 Å². The summed E-state index contributed by atoms with van der Waals surface area (Å²) in [6.45, 7) is 1.96. The molecule has 2 aromatic heterocycles. The molecule has 0 radical (unpaired) electrons. The quantitative estimate of drug-likeness (QED) is 0.519. The predicted octanol–water partition coefficient (Wildman–Crippen LogP) is 4.76. The van der Waals surface area contributed by atoms with Gasteiger partial charge in [-0.05, 0) is 42.8 Å². The van der Waals surface area contributed by atoms with Crippen molar-refractivity contribution in [1.82, 2.24) is 19.5 Å². The molecule has 2 heterocycles. The fraction of sp³-hybridized carbons (Fsp3) is 0.130. The fourth-order valence-corrected chi connectivity index (χ4v) is 3.16. The fourth-order valence-electron chi connectivity index (χ4n) is 3.16. The second kappa shape index (κ2) is 8.06. The number of rotatable bonds is 6. The molecule has 4 rings (SSSR count). The second-order valence-electron chi connectivity index (χ2n) is 6.56. The van der Waals surface area contributed by atoms with Crippen LogP contribution >= 0.6 is 0 Å². The Labute approximate surface area is 169 Å². The first-order valence-corrected chi connectivity index (χ1v) is 9.24. The minimum atomic E-state index is 0.763. The zero-order chi connectivity index (χ0) is 20.2. The Kier molecular flexibility index (Phi) is 5.16. The minimum Gasteiger partial charge on any atom is -0.496 e. The molecule has 146 valence electrons. The molecule has 0 aliphatic heterocycles. The van der Waals surface area contributed by atoms with Gasteiger partial charge in [-0.2, -0.15) is 0 Å². The highest BCUT2D eigenvalue weighted by Gasteiger charge is 2.09. The van der Waals surface area contributed by atoms with Gasteiger partial charge >= 0.3 is 0 Å². The van der Waals surface area contributed by atoms with Gasteiger partial charge in [0.2, 0.25) is 0 Å². The first-order chi connectivity index (χ1) is 14.2. The van der Waals surface area contributed by atoms with Gasteiger partial charge in [-0.15, -0.1) is 0 Å². The number of methoxy groups -OCH3 is 2. The van der Waals surface area contributed by atoms with E-state index in [1.54, 1.807) is 20.5 Å². The first-order valence-electron chi connectivity index (χ1n) is 9.24. The summed E-state index contributed by atoms with van der Waals surface area (Å²) in [4.78, 5) is 12.1. The van der Waals surface area contributed by atoms with Crippen LogP contribution in [0.1, 0.15) is 17.1 Å². The number of ether oxygens (including phenoxy) is 2. The molecule has 0 amide bonds. The minimum absolute atomic E-state index is 0.763. The van der Waals surface area contributed by atoms with E-state index in [9.17, 15) is 0 Å². The molecule has 0 atom stereocenters. The van der Waals surface area contributed by atoms with Crippen LogP contribution in [-0.2, 0) is 0 Å². The average molecular weight is 386 g/mol. The molecule has 0 aliphatic rings. The number of benzene rings is 2. The lowest BCUT2D eigenvalue weighted by Crippen LogP contribution is -1.95. The number of hydrogen-bond donors (Lipinski definition) is 1. The van der Waals surface area contributed by atoms with Crippen LogP contribution in [0.5, 0.6) is 11.5 Å². The lowest BCUT2D eigenvalue weighted by atomic mass is 10.1. The van der Waals surface area contributed by atoms with Gasteiger partial charge in [0.05, 0.1) is 37.6 Å². The van der Waals surface area contributed by atoms with Crippen LogP contribution < -0.4 is 9.47 Å². The third kappa shape index (κ3) is 3.91. The van der Waals surface area contributed by atoms with Crippen LogP contribution in [0.25, 0.3) is 29.1 Å². The van der Waals surface area contributed by atoms with Gasteiger partial charge < -0.3 is 19.0 Å². The van der Waals surface area contributed by atoms with Gasteiger partial charge in [0.25, 0.3) is 0 Å². The zero-order valence-electron chi connectivity index (χ0n) is 16.6. The number of aromatic nitrogens is 4. The Morgan fingerprint density at radius 1 is 1.00 bits per heavy atom. The van der Waals surface area contributed by atoms with E-state index in [0.717, 1.165) is 45.5 Å². The van der Waals surface area contributed by atoms with Crippen LogP contribution in [0.3, 0.4) is 0 Å². The summed E-state index contributed by atoms with van der Waals surface area (Å²) in [5.41, 5.74) is 4.71. The van der Waals surface area contributed by atoms with Gasteiger partial charge in [-0.25, -0.2) is 9.97 Å². The van der Waals surface area contributed by atoms with Crippen LogP contribution in [0.15, 0.2) is 61.2 Å². The van der Waals surface area contributed by atoms with Crippen LogP contribution in [0.4, 0.5) is 0 Å². The van der Waals surface area contributed by atoms with Crippen molar-refractivity contribution in [3.8, 4) is 28.4 Å². The van der Waals surface area contributed by atoms with Crippen molar-refractivity contribution in [2.45, 2.75) is 6.92 Å². The molecule has 6 nitrogen and oxygen atoms in total. The summed E-state index contributed by atoms with van der Waals surface area (Å²) in [5, 5.41) is 0. The number of H-pyrrole nitrogens is 1. The van der Waals surface area contributed by atoms with E-state index in [2.05, 4.69) is 15.0 Å². The Hall–Kier alpha value is -3.80. The van der Waals surface area contributed by atoms with Crippen LogP contribution in [-0.4, -0.2) is 33.7 Å². The van der Waals surface area contributed by atoms with E-state index in [1.165, 1.54) is 0 Å². The SMILES string of the molecule is COc1ccccc1-c1c[nH]c(/C=C/c2ccc(-n3cnc(C)c3)c(OC)c2)n1. The van der Waals surface area contributed by atoms with Crippen molar-refractivity contribution in [2.24, 2.45) is 0 Å². The molecule has 0 unspecified atom stereocenters. The highest BCUT2D eigenvalue weighted by molar-refractivity contribution is 5.72. The zero-order valence-corrected chi connectivity index (χ0v) is 16.6. The van der Waals surface area contributed by atoms with E-state index >= 15 is 0 Å². The van der Waals surface area contributed by atoms with E-state index < -0.39 is 0 Å². The molecule has 0 spiro atoms. The largest absolute Gasteiger partial charge is 0.496 e. The molecule has 1 N–H and O–H groups in total. The van der Waals surface area contributed by atoms with Gasteiger partial charge in [0.1, 0.15) is 17.3 Å². The smallest absolute Gasteiger partial charge is 0.143 e. The molecule has 29 heavy (non-hydrogen) atoms. The monoisotopic (exact) mass is 386 g/mol. The predicted molar refractivity (Wildman–Crippen MR) is 114 cm³/mol. The van der Waals surface area contributed by atoms with Gasteiger partial charge in [0.15, 0.2) is 0 Å². The van der Waals surface area contributed by atoms with E-state index in [4.69, 9.17) is 9.47 Å². The lowest BCUT2D eigenvalue weighted by Gasteiger charge is -2.09. The van der Waals surface area contributed by atoms with E-state index in [1.807, 2.05) is 78.5 Å². The number of aryl methyl sites for hydroxylation is 1. The summed E-state index contributed by atoms with van der Waals surface area (Å²) in [6.07, 6.45) is 9.56. The van der Waals surface area contributed by atoms with E-state index in [0.29, 0.717) is 0 Å². The highest BCUT2D eigenvalue weighted by atomic mass is 16.5. The summed E-state index contributed by atoms with van der Waals surface area (Å²) in [7, 11) is 3.33. The standard InChI is InChI=1S/C23H22N4O2/c1-16-14-27(15-25-16)20-10-8-17(12-22(20)29-3)9-11-23-24-13-19(26-23)18-6-4-5-7-21(18)28-2/h4-15H,1-3H3,(H,24,26)/b11-9+. The highest BCUT2D eigenvalue weighted by Crippen LogP contribution is 2.29. The van der Waals surface area contributed by atoms with Crippen molar-refractivity contribution >= 4 is 12.2 Å². The maximum Gasteiger partial charge on any atom is 0.143 e. The number of nitrogens with zero attached hydrogens (tertiary/aromatic N) is 3. The molecule has 6 heteroatoms. The molecule has 0 aliphatic carbocycles. The number of nitrogens with one attached hydrogen (secondary N) is 1. The molecular weight excluding hydrogens is 364 g/mol. The third-order valence-corrected chi connectivity index (χ3v) is 4.61. The number of para-hydroxylation sites is 1. The number of hydrogen-bond acceptors (Lipinski definition) is 4. The summed E-state index contributed by atoms with van der Waals surface area (Å²) < 4.78 is 12.9. The molecule has 2 aromatic carbocycles. The summed E-state index contributed by atoms with van der Waals surface area (Å²) in [5.74, 6) is 2.34. The summed E-state index contributed by atoms with van der Waals surface area (Å²) >= 11 is 0. The average Bonchev–Trinajstić information content (AvgIpc) is 3.41. The maximum atomic E-state index is 5.57. The van der Waals surface area contributed by atoms with Crippen molar-refractivity contribution in [2.75, 3.05) is 14.2 Å².